The van der Waals surface area contributed by atoms with Crippen LogP contribution in [0, 0.1) is 6.92 Å². The van der Waals surface area contributed by atoms with Crippen molar-refractivity contribution in [2.24, 2.45) is 0 Å². The second kappa shape index (κ2) is 5.25. The number of hydrogen-bond donors (Lipinski definition) is 0. The first kappa shape index (κ1) is 11.3. The highest BCUT2D eigenvalue weighted by Crippen LogP contribution is 2.09. The summed E-state index contributed by atoms with van der Waals surface area (Å²) >= 11 is 0. The van der Waals surface area contributed by atoms with Gasteiger partial charge in [0.15, 0.2) is 6.61 Å². The van der Waals surface area contributed by atoms with E-state index in [4.69, 9.17) is 4.74 Å². The molecule has 0 fully saturated rings. The lowest BCUT2D eigenvalue weighted by Gasteiger charge is -2.05. The van der Waals surface area contributed by atoms with Gasteiger partial charge in [-0.3, -0.25) is 9.78 Å². The van der Waals surface area contributed by atoms with E-state index in [0.717, 1.165) is 5.69 Å². The van der Waals surface area contributed by atoms with Crippen LogP contribution in [0.2, 0.25) is 0 Å². The van der Waals surface area contributed by atoms with Gasteiger partial charge in [-0.2, -0.15) is 0 Å². The largest absolute Gasteiger partial charge is 0.485 e. The van der Waals surface area contributed by atoms with E-state index >= 15 is 0 Å². The summed E-state index contributed by atoms with van der Waals surface area (Å²) in [5.74, 6) is 0.627. The Morgan fingerprint density at radius 2 is 1.94 bits per heavy atom. The van der Waals surface area contributed by atoms with E-state index in [9.17, 15) is 4.79 Å². The molecule has 0 unspecified atom stereocenters. The Labute approximate surface area is 100 Å². The summed E-state index contributed by atoms with van der Waals surface area (Å²) in [5, 5.41) is 0. The smallest absolute Gasteiger partial charge is 0.201 e. The second-order valence-corrected chi connectivity index (χ2v) is 3.71. The summed E-state index contributed by atoms with van der Waals surface area (Å²) in [6, 6.07) is 12.9. The Morgan fingerprint density at radius 1 is 1.18 bits per heavy atom. The SMILES string of the molecule is Cc1ccc(C(=O)COc2ccccc2)cn1. The topological polar surface area (TPSA) is 39.2 Å². The third-order valence-electron chi connectivity index (χ3n) is 2.35. The molecule has 3 nitrogen and oxygen atoms in total. The van der Waals surface area contributed by atoms with E-state index < -0.39 is 0 Å². The van der Waals surface area contributed by atoms with Gasteiger partial charge in [-0.05, 0) is 31.2 Å². The third kappa shape index (κ3) is 3.14. The van der Waals surface area contributed by atoms with Crippen LogP contribution in [-0.4, -0.2) is 17.4 Å². The first-order valence-corrected chi connectivity index (χ1v) is 5.39. The molecule has 3 heteroatoms. The summed E-state index contributed by atoms with van der Waals surface area (Å²) in [7, 11) is 0. The number of aryl methyl sites for hydroxylation is 1. The molecule has 0 aliphatic rings. The summed E-state index contributed by atoms with van der Waals surface area (Å²) in [5.41, 5.74) is 1.47. The number of Topliss-reactive ketones (excluding diaryl/α,β-unsaturated/α-hetero) is 1. The lowest BCUT2D eigenvalue weighted by atomic mass is 10.2. The van der Waals surface area contributed by atoms with Crippen molar-refractivity contribution in [3.8, 4) is 5.75 Å². The zero-order valence-corrected chi connectivity index (χ0v) is 9.59. The van der Waals surface area contributed by atoms with Gasteiger partial charge in [-0.1, -0.05) is 18.2 Å². The van der Waals surface area contributed by atoms with Crippen molar-refractivity contribution < 1.29 is 9.53 Å². The Bertz CT molecular complexity index is 491. The lowest BCUT2D eigenvalue weighted by Crippen LogP contribution is -2.11. The summed E-state index contributed by atoms with van der Waals surface area (Å²) in [4.78, 5) is 15.8. The average molecular weight is 227 g/mol. The molecule has 0 saturated heterocycles. The first-order chi connectivity index (χ1) is 8.25. The second-order valence-electron chi connectivity index (χ2n) is 3.71. The predicted octanol–water partition coefficient (Wildman–Crippen LogP) is 2.65. The maximum absolute atomic E-state index is 11.8. The van der Waals surface area contributed by atoms with E-state index in [1.54, 1.807) is 12.3 Å². The lowest BCUT2D eigenvalue weighted by molar-refractivity contribution is 0.0921. The van der Waals surface area contributed by atoms with Crippen LogP contribution in [-0.2, 0) is 0 Å². The molecule has 0 aliphatic carbocycles. The number of aromatic nitrogens is 1. The van der Waals surface area contributed by atoms with E-state index in [-0.39, 0.29) is 12.4 Å². The van der Waals surface area contributed by atoms with Gasteiger partial charge >= 0.3 is 0 Å². The summed E-state index contributed by atoms with van der Waals surface area (Å²) in [6.07, 6.45) is 1.58. The van der Waals surface area contributed by atoms with Crippen LogP contribution in [0.5, 0.6) is 5.75 Å². The highest BCUT2D eigenvalue weighted by Gasteiger charge is 2.06. The molecule has 0 amide bonds. The van der Waals surface area contributed by atoms with Gasteiger partial charge in [0.05, 0.1) is 0 Å². The van der Waals surface area contributed by atoms with Crippen molar-refractivity contribution >= 4 is 5.78 Å². The fourth-order valence-corrected chi connectivity index (χ4v) is 1.38. The van der Waals surface area contributed by atoms with Crippen molar-refractivity contribution in [3.05, 3.63) is 59.9 Å². The molecule has 2 aromatic rings. The maximum atomic E-state index is 11.8. The minimum absolute atomic E-state index is 0.0365. The summed E-state index contributed by atoms with van der Waals surface area (Å²) < 4.78 is 5.38. The van der Waals surface area contributed by atoms with Crippen molar-refractivity contribution in [3.63, 3.8) is 0 Å². The molecular weight excluding hydrogens is 214 g/mol. The molecule has 0 saturated carbocycles. The van der Waals surface area contributed by atoms with Gasteiger partial charge in [0.1, 0.15) is 5.75 Å². The summed E-state index contributed by atoms with van der Waals surface area (Å²) in [6.45, 7) is 1.92. The van der Waals surface area contributed by atoms with Gasteiger partial charge in [0.2, 0.25) is 5.78 Å². The molecule has 0 aliphatic heterocycles. The van der Waals surface area contributed by atoms with Crippen LogP contribution in [0.4, 0.5) is 0 Å². The van der Waals surface area contributed by atoms with E-state index in [1.165, 1.54) is 0 Å². The van der Waals surface area contributed by atoms with Gasteiger partial charge < -0.3 is 4.74 Å². The molecule has 0 N–H and O–H groups in total. The van der Waals surface area contributed by atoms with E-state index in [2.05, 4.69) is 4.98 Å². The quantitative estimate of drug-likeness (QED) is 0.754. The molecule has 2 rings (SSSR count). The van der Waals surface area contributed by atoms with Crippen LogP contribution in [0.25, 0.3) is 0 Å². The molecule has 86 valence electrons. The number of carbonyl (C=O) groups is 1. The number of rotatable bonds is 4. The molecule has 1 aromatic carbocycles. The van der Waals surface area contributed by atoms with E-state index in [0.29, 0.717) is 11.3 Å². The minimum Gasteiger partial charge on any atom is -0.485 e. The van der Waals surface area contributed by atoms with Crippen molar-refractivity contribution in [1.82, 2.24) is 4.98 Å². The van der Waals surface area contributed by atoms with Gasteiger partial charge in [-0.25, -0.2) is 0 Å². The predicted molar refractivity (Wildman–Crippen MR) is 65.2 cm³/mol. The standard InChI is InChI=1S/C14H13NO2/c1-11-7-8-12(9-15-11)14(16)10-17-13-5-3-2-4-6-13/h2-9H,10H2,1H3. The zero-order valence-electron chi connectivity index (χ0n) is 9.59. The fraction of sp³-hybridized carbons (Fsp3) is 0.143. The Morgan fingerprint density at radius 3 is 2.59 bits per heavy atom. The monoisotopic (exact) mass is 227 g/mol. The van der Waals surface area contributed by atoms with Crippen molar-refractivity contribution in [2.45, 2.75) is 6.92 Å². The normalized spacial score (nSPS) is 9.94. The van der Waals surface area contributed by atoms with Crippen LogP contribution in [0.3, 0.4) is 0 Å². The fourth-order valence-electron chi connectivity index (χ4n) is 1.38. The van der Waals surface area contributed by atoms with Crippen LogP contribution < -0.4 is 4.74 Å². The van der Waals surface area contributed by atoms with Crippen molar-refractivity contribution in [1.29, 1.82) is 0 Å². The molecule has 1 aromatic heterocycles. The number of pyridine rings is 1. The number of ether oxygens (including phenoxy) is 1. The molecular formula is C14H13NO2. The molecule has 1 heterocycles. The van der Waals surface area contributed by atoms with Gasteiger partial charge in [0, 0.05) is 17.5 Å². The zero-order chi connectivity index (χ0) is 12.1. The maximum Gasteiger partial charge on any atom is 0.201 e. The average Bonchev–Trinajstić information content (AvgIpc) is 2.38. The van der Waals surface area contributed by atoms with Crippen LogP contribution >= 0.6 is 0 Å². The minimum atomic E-state index is -0.0682. The van der Waals surface area contributed by atoms with Crippen LogP contribution in [0.15, 0.2) is 48.7 Å². The first-order valence-electron chi connectivity index (χ1n) is 5.39. The number of carbonyl (C=O) groups excluding carboxylic acids is 1. The number of nitrogens with zero attached hydrogens (tertiary/aromatic N) is 1. The number of para-hydroxylation sites is 1. The highest BCUT2D eigenvalue weighted by atomic mass is 16.5. The molecule has 0 atom stereocenters. The third-order valence-corrected chi connectivity index (χ3v) is 2.35. The number of benzene rings is 1. The van der Waals surface area contributed by atoms with E-state index in [1.807, 2.05) is 43.3 Å². The Hall–Kier alpha value is -2.16. The molecule has 0 spiro atoms. The molecule has 0 radical (unpaired) electrons. The van der Waals surface area contributed by atoms with Crippen LogP contribution in [0.1, 0.15) is 16.1 Å². The molecule has 17 heavy (non-hydrogen) atoms. The van der Waals surface area contributed by atoms with Gasteiger partial charge in [0.25, 0.3) is 0 Å². The van der Waals surface area contributed by atoms with Gasteiger partial charge in [-0.15, -0.1) is 0 Å². The highest BCUT2D eigenvalue weighted by molar-refractivity contribution is 5.96. The number of hydrogen-bond acceptors (Lipinski definition) is 3. The molecule has 0 bridgehead atoms. The number of ketones is 1. The Balaban J connectivity index is 1.96. The van der Waals surface area contributed by atoms with Crippen molar-refractivity contribution in [2.75, 3.05) is 6.61 Å². The Kier molecular flexibility index (Phi) is 3.50.